The lowest BCUT2D eigenvalue weighted by Crippen LogP contribution is -2.23. The van der Waals surface area contributed by atoms with Gasteiger partial charge in [0.25, 0.3) is 0 Å². The number of methoxy groups -OCH3 is 1. The topological polar surface area (TPSA) is 43.4 Å². The highest BCUT2D eigenvalue weighted by Crippen LogP contribution is 2.23. The number of hydrogen-bond acceptors (Lipinski definition) is 3. The van der Waals surface area contributed by atoms with Crippen molar-refractivity contribution in [3.8, 4) is 5.75 Å². The minimum atomic E-state index is -1.49. The van der Waals surface area contributed by atoms with Crippen molar-refractivity contribution in [3.05, 3.63) is 59.1 Å². The Labute approximate surface area is 131 Å². The number of carbonyl (C=O) groups is 1. The van der Waals surface area contributed by atoms with E-state index in [0.29, 0.717) is 21.2 Å². The zero-order chi connectivity index (χ0) is 15.4. The largest absolute Gasteiger partial charge is 0.497 e. The predicted octanol–water partition coefficient (Wildman–Crippen LogP) is 3.73. The van der Waals surface area contributed by atoms with Crippen molar-refractivity contribution in [1.82, 2.24) is 0 Å². The van der Waals surface area contributed by atoms with E-state index in [1.165, 1.54) is 0 Å². The lowest BCUT2D eigenvalue weighted by atomic mass is 10.1. The molecule has 0 heterocycles. The van der Waals surface area contributed by atoms with Crippen LogP contribution in [0, 0.1) is 0 Å². The normalized spacial score (nSPS) is 13.5. The van der Waals surface area contributed by atoms with Gasteiger partial charge in [0.15, 0.2) is 5.78 Å². The summed E-state index contributed by atoms with van der Waals surface area (Å²) in [7, 11) is 0.0712. The summed E-state index contributed by atoms with van der Waals surface area (Å²) in [5, 5.41) is -0.261. The Morgan fingerprint density at radius 2 is 1.76 bits per heavy atom. The van der Waals surface area contributed by atoms with Gasteiger partial charge in [-0.2, -0.15) is 0 Å². The summed E-state index contributed by atoms with van der Waals surface area (Å²) in [4.78, 5) is 12.9. The van der Waals surface area contributed by atoms with Gasteiger partial charge in [0.2, 0.25) is 0 Å². The maximum atomic E-state index is 12.5. The number of rotatable bonds is 5. The van der Waals surface area contributed by atoms with Crippen LogP contribution in [0.25, 0.3) is 0 Å². The lowest BCUT2D eigenvalue weighted by molar-refractivity contribution is 0.0992. The minimum absolute atomic E-state index is 0.184. The molecule has 0 aliphatic rings. The van der Waals surface area contributed by atoms with Gasteiger partial charge >= 0.3 is 0 Å². The molecule has 21 heavy (non-hydrogen) atoms. The fourth-order valence-corrected chi connectivity index (χ4v) is 3.43. The number of Topliss-reactive ketones (excluding diaryl/α,β-unsaturated/α-hetero) is 1. The molecule has 0 saturated heterocycles. The summed E-state index contributed by atoms with van der Waals surface area (Å²) in [6.45, 7) is 1.64. The van der Waals surface area contributed by atoms with Gasteiger partial charge in [-0.05, 0) is 43.3 Å². The quantitative estimate of drug-likeness (QED) is 0.788. The maximum Gasteiger partial charge on any atom is 0.178 e. The maximum absolute atomic E-state index is 12.5. The van der Waals surface area contributed by atoms with E-state index in [0.717, 1.165) is 0 Å². The second-order valence-electron chi connectivity index (χ2n) is 4.46. The highest BCUT2D eigenvalue weighted by molar-refractivity contribution is 7.86. The molecule has 0 fully saturated rings. The van der Waals surface area contributed by atoms with Crippen molar-refractivity contribution >= 4 is 28.2 Å². The molecule has 0 radical (unpaired) electrons. The standard InChI is InChI=1S/C16H15ClO3S/c1-11(21(19)15-6-4-3-5-14(15)17)16(18)12-7-9-13(20-2)10-8-12/h3-11H,1-2H3. The molecular weight excluding hydrogens is 308 g/mol. The molecule has 2 rings (SSSR count). The van der Waals surface area contributed by atoms with Crippen molar-refractivity contribution < 1.29 is 13.7 Å². The van der Waals surface area contributed by atoms with Gasteiger partial charge in [-0.1, -0.05) is 23.7 Å². The number of ketones is 1. The smallest absolute Gasteiger partial charge is 0.178 e. The Kier molecular flexibility index (Phi) is 5.15. The van der Waals surface area contributed by atoms with E-state index in [-0.39, 0.29) is 5.78 Å². The Hall–Kier alpha value is -1.65. The van der Waals surface area contributed by atoms with Crippen molar-refractivity contribution in [3.63, 3.8) is 0 Å². The first-order valence-electron chi connectivity index (χ1n) is 6.38. The van der Waals surface area contributed by atoms with Crippen LogP contribution in [0.5, 0.6) is 5.75 Å². The van der Waals surface area contributed by atoms with Crippen LogP contribution in [0.4, 0.5) is 0 Å². The van der Waals surface area contributed by atoms with E-state index < -0.39 is 16.0 Å². The van der Waals surface area contributed by atoms with Crippen LogP contribution < -0.4 is 4.74 Å². The monoisotopic (exact) mass is 322 g/mol. The Balaban J connectivity index is 2.22. The van der Waals surface area contributed by atoms with Gasteiger partial charge in [0.1, 0.15) is 5.75 Å². The van der Waals surface area contributed by atoms with Crippen LogP contribution >= 0.6 is 11.6 Å². The first-order valence-corrected chi connectivity index (χ1v) is 7.97. The van der Waals surface area contributed by atoms with Crippen LogP contribution in [-0.2, 0) is 10.8 Å². The second kappa shape index (κ2) is 6.87. The highest BCUT2D eigenvalue weighted by atomic mass is 35.5. The van der Waals surface area contributed by atoms with Gasteiger partial charge in [0.05, 0.1) is 33.1 Å². The molecule has 2 aromatic carbocycles. The lowest BCUT2D eigenvalue weighted by Gasteiger charge is -2.12. The first kappa shape index (κ1) is 15.7. The van der Waals surface area contributed by atoms with E-state index in [4.69, 9.17) is 16.3 Å². The van der Waals surface area contributed by atoms with E-state index in [1.54, 1.807) is 62.6 Å². The Bertz CT molecular complexity index is 667. The summed E-state index contributed by atoms with van der Waals surface area (Å²) in [5.74, 6) is 0.488. The predicted molar refractivity (Wildman–Crippen MR) is 84.6 cm³/mol. The third-order valence-corrected chi connectivity index (χ3v) is 5.21. The molecular formula is C16H15ClO3S. The molecule has 0 amide bonds. The molecule has 5 heteroatoms. The van der Waals surface area contributed by atoms with Gasteiger partial charge in [-0.15, -0.1) is 0 Å². The number of halogens is 1. The van der Waals surface area contributed by atoms with Crippen molar-refractivity contribution in [1.29, 1.82) is 0 Å². The van der Waals surface area contributed by atoms with E-state index in [9.17, 15) is 9.00 Å². The van der Waals surface area contributed by atoms with Crippen molar-refractivity contribution in [2.75, 3.05) is 7.11 Å². The zero-order valence-electron chi connectivity index (χ0n) is 11.7. The molecule has 0 aliphatic carbocycles. The molecule has 110 valence electrons. The SMILES string of the molecule is COc1ccc(C(=O)C(C)S(=O)c2ccccc2Cl)cc1. The fraction of sp³-hybridized carbons (Fsp3) is 0.188. The number of ether oxygens (including phenoxy) is 1. The average Bonchev–Trinajstić information content (AvgIpc) is 2.53. The van der Waals surface area contributed by atoms with Crippen LogP contribution in [-0.4, -0.2) is 22.4 Å². The van der Waals surface area contributed by atoms with E-state index in [1.807, 2.05) is 0 Å². The zero-order valence-corrected chi connectivity index (χ0v) is 13.3. The van der Waals surface area contributed by atoms with E-state index in [2.05, 4.69) is 0 Å². The molecule has 2 aromatic rings. The van der Waals surface area contributed by atoms with Gasteiger partial charge in [0, 0.05) is 5.56 Å². The summed E-state index contributed by atoms with van der Waals surface area (Å²) in [5.41, 5.74) is 0.503. The Morgan fingerprint density at radius 3 is 2.33 bits per heavy atom. The molecule has 0 N–H and O–H groups in total. The van der Waals surface area contributed by atoms with Gasteiger partial charge in [-0.25, -0.2) is 0 Å². The Morgan fingerprint density at radius 1 is 1.14 bits per heavy atom. The molecule has 0 aliphatic heterocycles. The minimum Gasteiger partial charge on any atom is -0.497 e. The van der Waals surface area contributed by atoms with Crippen LogP contribution in [0.1, 0.15) is 17.3 Å². The van der Waals surface area contributed by atoms with E-state index >= 15 is 0 Å². The number of benzene rings is 2. The third-order valence-electron chi connectivity index (χ3n) is 3.12. The third kappa shape index (κ3) is 3.52. The van der Waals surface area contributed by atoms with Gasteiger partial charge < -0.3 is 4.74 Å². The summed E-state index contributed by atoms with van der Waals surface area (Å²) in [6, 6.07) is 13.6. The van der Waals surface area contributed by atoms with Crippen molar-refractivity contribution in [2.24, 2.45) is 0 Å². The molecule has 3 nitrogen and oxygen atoms in total. The molecule has 0 spiro atoms. The van der Waals surface area contributed by atoms with Gasteiger partial charge in [-0.3, -0.25) is 9.00 Å². The van der Waals surface area contributed by atoms with Crippen molar-refractivity contribution in [2.45, 2.75) is 17.1 Å². The van der Waals surface area contributed by atoms with Crippen LogP contribution in [0.2, 0.25) is 5.02 Å². The number of carbonyl (C=O) groups excluding carboxylic acids is 1. The summed E-state index contributed by atoms with van der Waals surface area (Å²) >= 11 is 6.03. The van der Waals surface area contributed by atoms with Crippen LogP contribution in [0.15, 0.2) is 53.4 Å². The fourth-order valence-electron chi connectivity index (χ4n) is 1.89. The first-order chi connectivity index (χ1) is 10.0. The molecule has 2 unspecified atom stereocenters. The number of hydrogen-bond donors (Lipinski definition) is 0. The second-order valence-corrected chi connectivity index (χ2v) is 6.61. The highest BCUT2D eigenvalue weighted by Gasteiger charge is 2.24. The van der Waals surface area contributed by atoms with Crippen LogP contribution in [0.3, 0.4) is 0 Å². The molecule has 0 aromatic heterocycles. The summed E-state index contributed by atoms with van der Waals surface area (Å²) < 4.78 is 17.5. The molecule has 0 bridgehead atoms. The molecule has 2 atom stereocenters. The molecule has 0 saturated carbocycles. The summed E-state index contributed by atoms with van der Waals surface area (Å²) in [6.07, 6.45) is 0. The average molecular weight is 323 g/mol.